The van der Waals surface area contributed by atoms with Crippen LogP contribution in [0.25, 0.3) is 0 Å². The fraction of sp³-hybridized carbons (Fsp3) is 0.400. The van der Waals surface area contributed by atoms with Crippen LogP contribution >= 0.6 is 27.3 Å². The molecule has 1 fully saturated rings. The number of benzene rings is 1. The summed E-state index contributed by atoms with van der Waals surface area (Å²) in [6, 6.07) is 7.46. The van der Waals surface area contributed by atoms with Gasteiger partial charge in [0, 0.05) is 23.9 Å². The lowest BCUT2D eigenvalue weighted by Crippen LogP contribution is -2.28. The molecule has 28 heavy (non-hydrogen) atoms. The molecule has 1 aliphatic heterocycles. The Morgan fingerprint density at radius 1 is 1.29 bits per heavy atom. The summed E-state index contributed by atoms with van der Waals surface area (Å²) in [5.41, 5.74) is 1.42. The highest BCUT2D eigenvalue weighted by molar-refractivity contribution is 9.10. The zero-order chi connectivity index (χ0) is 20.1. The van der Waals surface area contributed by atoms with Gasteiger partial charge in [-0.15, -0.1) is 0 Å². The minimum atomic E-state index is -0.451. The summed E-state index contributed by atoms with van der Waals surface area (Å²) in [4.78, 5) is 44.2. The van der Waals surface area contributed by atoms with E-state index in [0.29, 0.717) is 23.0 Å². The molecule has 0 spiro atoms. The van der Waals surface area contributed by atoms with Crippen molar-refractivity contribution >= 4 is 55.7 Å². The minimum Gasteiger partial charge on any atom is -0.310 e. The maximum atomic E-state index is 12.7. The molecule has 8 heteroatoms. The van der Waals surface area contributed by atoms with Crippen molar-refractivity contribution in [3.05, 3.63) is 39.3 Å². The van der Waals surface area contributed by atoms with E-state index in [9.17, 15) is 14.4 Å². The van der Waals surface area contributed by atoms with Gasteiger partial charge in [-0.25, -0.2) is 4.98 Å². The Morgan fingerprint density at radius 2 is 2.04 bits per heavy atom. The molecule has 1 unspecified atom stereocenters. The van der Waals surface area contributed by atoms with Crippen molar-refractivity contribution in [2.75, 3.05) is 16.8 Å². The minimum absolute atomic E-state index is 0.0811. The molecule has 0 bridgehead atoms. The van der Waals surface area contributed by atoms with Crippen LogP contribution in [0.1, 0.15) is 42.1 Å². The first kappa shape index (κ1) is 19.3. The monoisotopic (exact) mass is 461 g/mol. The highest BCUT2D eigenvalue weighted by atomic mass is 79.9. The van der Waals surface area contributed by atoms with E-state index in [0.717, 1.165) is 22.3 Å². The normalized spacial score (nSPS) is 21.0. The Balaban J connectivity index is 1.48. The van der Waals surface area contributed by atoms with Crippen molar-refractivity contribution in [1.82, 2.24) is 4.98 Å². The molecule has 6 nitrogen and oxygen atoms in total. The second-order valence-corrected chi connectivity index (χ2v) is 9.94. The summed E-state index contributed by atoms with van der Waals surface area (Å²) in [6.45, 7) is 4.42. The third-order valence-electron chi connectivity index (χ3n) is 5.10. The summed E-state index contributed by atoms with van der Waals surface area (Å²) in [5.74, 6) is -0.684. The number of carbonyl (C=O) groups is 3. The summed E-state index contributed by atoms with van der Waals surface area (Å²) in [7, 11) is 0. The van der Waals surface area contributed by atoms with Crippen LogP contribution in [0.5, 0.6) is 0 Å². The number of amides is 2. The molecule has 1 saturated heterocycles. The smallest absolute Gasteiger partial charge is 0.231 e. The second kappa shape index (κ2) is 7.08. The van der Waals surface area contributed by atoms with E-state index in [4.69, 9.17) is 0 Å². The number of anilines is 2. The van der Waals surface area contributed by atoms with Gasteiger partial charge in [0.15, 0.2) is 10.9 Å². The number of nitrogens with zero attached hydrogens (tertiary/aromatic N) is 2. The van der Waals surface area contributed by atoms with Crippen LogP contribution in [0, 0.1) is 11.3 Å². The summed E-state index contributed by atoms with van der Waals surface area (Å²) in [6.07, 6.45) is 1.37. The maximum absolute atomic E-state index is 12.7. The Kier molecular flexibility index (Phi) is 4.87. The number of rotatable bonds is 3. The predicted octanol–water partition coefficient (Wildman–Crippen LogP) is 4.05. The first-order valence-corrected chi connectivity index (χ1v) is 10.7. The first-order valence-electron chi connectivity index (χ1n) is 9.12. The molecule has 2 aliphatic rings. The summed E-state index contributed by atoms with van der Waals surface area (Å²) < 4.78 is 0.818. The van der Waals surface area contributed by atoms with Crippen LogP contribution in [0.4, 0.5) is 10.8 Å². The second-order valence-electron chi connectivity index (χ2n) is 8.08. The van der Waals surface area contributed by atoms with Crippen LogP contribution in [0.2, 0.25) is 0 Å². The van der Waals surface area contributed by atoms with E-state index in [2.05, 4.69) is 26.2 Å². The quantitative estimate of drug-likeness (QED) is 0.747. The fourth-order valence-corrected chi connectivity index (χ4v) is 5.19. The molecule has 1 atom stereocenters. The highest BCUT2D eigenvalue weighted by Gasteiger charge is 2.37. The Labute approximate surface area is 175 Å². The number of Topliss-reactive ketones (excluding diaryl/α,β-unsaturated/α-hetero) is 1. The average molecular weight is 462 g/mol. The van der Waals surface area contributed by atoms with Gasteiger partial charge in [0.2, 0.25) is 11.8 Å². The number of para-hydroxylation sites is 1. The number of ketones is 1. The SMILES string of the molecule is CC1(C)CC(=O)c2sc(NC(=O)C3CC(=O)N(c4ccccc4Br)C3)nc2C1. The third-order valence-corrected chi connectivity index (χ3v) is 6.83. The van der Waals surface area contributed by atoms with Gasteiger partial charge in [-0.3, -0.25) is 14.4 Å². The molecule has 2 aromatic rings. The molecule has 4 rings (SSSR count). The Bertz CT molecular complexity index is 985. The summed E-state index contributed by atoms with van der Waals surface area (Å²) in [5, 5.41) is 3.26. The Morgan fingerprint density at radius 3 is 2.79 bits per heavy atom. The number of aromatic nitrogens is 1. The number of halogens is 1. The molecule has 0 radical (unpaired) electrons. The van der Waals surface area contributed by atoms with E-state index < -0.39 is 5.92 Å². The van der Waals surface area contributed by atoms with Gasteiger partial charge in [-0.2, -0.15) is 0 Å². The van der Waals surface area contributed by atoms with Gasteiger partial charge in [0.05, 0.1) is 22.2 Å². The van der Waals surface area contributed by atoms with Crippen molar-refractivity contribution < 1.29 is 14.4 Å². The molecule has 2 amide bonds. The zero-order valence-electron chi connectivity index (χ0n) is 15.6. The first-order chi connectivity index (χ1) is 13.2. The van der Waals surface area contributed by atoms with Crippen molar-refractivity contribution in [1.29, 1.82) is 0 Å². The Hall–Kier alpha value is -2.06. The van der Waals surface area contributed by atoms with E-state index in [-0.39, 0.29) is 29.4 Å². The van der Waals surface area contributed by atoms with E-state index in [1.165, 1.54) is 11.3 Å². The topological polar surface area (TPSA) is 79.4 Å². The molecule has 1 N–H and O–H groups in total. The van der Waals surface area contributed by atoms with Gasteiger partial charge < -0.3 is 10.2 Å². The van der Waals surface area contributed by atoms with Crippen LogP contribution in [-0.2, 0) is 16.0 Å². The molecule has 0 saturated carbocycles. The van der Waals surface area contributed by atoms with Gasteiger partial charge in [0.1, 0.15) is 0 Å². The average Bonchev–Trinajstić information content (AvgIpc) is 3.18. The number of thiazole rings is 1. The largest absolute Gasteiger partial charge is 0.310 e. The molecular weight excluding hydrogens is 442 g/mol. The van der Waals surface area contributed by atoms with Crippen LogP contribution in [0.3, 0.4) is 0 Å². The molecule has 1 aromatic heterocycles. The maximum Gasteiger partial charge on any atom is 0.231 e. The lowest BCUT2D eigenvalue weighted by molar-refractivity contribution is -0.122. The molecule has 2 heterocycles. The number of carbonyl (C=O) groups excluding carboxylic acids is 3. The summed E-state index contributed by atoms with van der Waals surface area (Å²) >= 11 is 4.69. The molecule has 146 valence electrons. The van der Waals surface area contributed by atoms with Crippen molar-refractivity contribution in [3.63, 3.8) is 0 Å². The third kappa shape index (κ3) is 3.63. The number of fused-ring (bicyclic) bond motifs is 1. The number of hydrogen-bond donors (Lipinski definition) is 1. The number of nitrogens with one attached hydrogen (secondary N) is 1. The molecule has 1 aromatic carbocycles. The van der Waals surface area contributed by atoms with Gasteiger partial charge >= 0.3 is 0 Å². The van der Waals surface area contributed by atoms with E-state index in [1.54, 1.807) is 4.90 Å². The zero-order valence-corrected chi connectivity index (χ0v) is 18.0. The van der Waals surface area contributed by atoms with Gasteiger partial charge in [-0.1, -0.05) is 37.3 Å². The van der Waals surface area contributed by atoms with E-state index in [1.807, 2.05) is 38.1 Å². The highest BCUT2D eigenvalue weighted by Crippen LogP contribution is 2.38. The standard InChI is InChI=1S/C20H20BrN3O3S/c1-20(2)8-13-17(15(25)9-20)28-19(22-13)23-18(27)11-7-16(26)24(10-11)14-6-4-3-5-12(14)21/h3-6,11H,7-10H2,1-2H3,(H,22,23,27). The van der Waals surface area contributed by atoms with Gasteiger partial charge in [-0.05, 0) is 39.9 Å². The van der Waals surface area contributed by atoms with Gasteiger partial charge in [0.25, 0.3) is 0 Å². The van der Waals surface area contributed by atoms with Crippen molar-refractivity contribution in [3.8, 4) is 0 Å². The fourth-order valence-electron chi connectivity index (χ4n) is 3.77. The lowest BCUT2D eigenvalue weighted by atomic mass is 9.78. The molecule has 1 aliphatic carbocycles. The lowest BCUT2D eigenvalue weighted by Gasteiger charge is -2.26. The van der Waals surface area contributed by atoms with Crippen molar-refractivity contribution in [2.45, 2.75) is 33.1 Å². The number of hydrogen-bond acceptors (Lipinski definition) is 5. The van der Waals surface area contributed by atoms with Crippen molar-refractivity contribution in [2.24, 2.45) is 11.3 Å². The molecular formula is C20H20BrN3O3S. The van der Waals surface area contributed by atoms with Crippen LogP contribution < -0.4 is 10.2 Å². The predicted molar refractivity (Wildman–Crippen MR) is 112 cm³/mol. The van der Waals surface area contributed by atoms with Crippen LogP contribution in [0.15, 0.2) is 28.7 Å². The van der Waals surface area contributed by atoms with Crippen LogP contribution in [-0.4, -0.2) is 29.1 Å². The van der Waals surface area contributed by atoms with E-state index >= 15 is 0 Å².